The smallest absolute Gasteiger partial charge is 0.227 e. The molecule has 1 fully saturated rings. The molecule has 2 unspecified atom stereocenters. The minimum atomic E-state index is -0.139. The fourth-order valence-electron chi connectivity index (χ4n) is 2.15. The van der Waals surface area contributed by atoms with E-state index in [1.807, 2.05) is 43.0 Å². The van der Waals surface area contributed by atoms with E-state index in [2.05, 4.69) is 5.32 Å². The Bertz CT molecular complexity index is 416. The molecule has 1 heterocycles. The number of hydrogen-bond donors (Lipinski definition) is 2. The molecule has 3 nitrogen and oxygen atoms in total. The predicted molar refractivity (Wildman–Crippen MR) is 77.8 cm³/mol. The first-order valence-corrected chi connectivity index (χ1v) is 7.46. The van der Waals surface area contributed by atoms with Gasteiger partial charge in [-0.1, -0.05) is 12.1 Å². The van der Waals surface area contributed by atoms with Gasteiger partial charge in [-0.25, -0.2) is 0 Å². The number of nitrogens with two attached hydrogens (primary N) is 1. The van der Waals surface area contributed by atoms with Crippen LogP contribution in [0.4, 0.5) is 5.69 Å². The van der Waals surface area contributed by atoms with E-state index in [9.17, 15) is 4.79 Å². The molecular weight excluding hydrogens is 244 g/mol. The van der Waals surface area contributed by atoms with Gasteiger partial charge in [0.15, 0.2) is 0 Å². The molecule has 98 valence electrons. The second-order valence-electron chi connectivity index (χ2n) is 4.77. The summed E-state index contributed by atoms with van der Waals surface area (Å²) in [4.78, 5) is 12.1. The fraction of sp³-hybridized carbons (Fsp3) is 0.500. The number of nitrogen functional groups attached to an aromatic ring is 1. The van der Waals surface area contributed by atoms with Crippen LogP contribution in [0.3, 0.4) is 0 Å². The summed E-state index contributed by atoms with van der Waals surface area (Å²) < 4.78 is 0. The zero-order valence-corrected chi connectivity index (χ0v) is 11.5. The maximum absolute atomic E-state index is 12.1. The molecule has 18 heavy (non-hydrogen) atoms. The molecule has 3 N–H and O–H groups in total. The number of carbonyl (C=O) groups is 1. The van der Waals surface area contributed by atoms with Crippen LogP contribution < -0.4 is 11.1 Å². The summed E-state index contributed by atoms with van der Waals surface area (Å²) in [5.74, 6) is 1.18. The van der Waals surface area contributed by atoms with Crippen LogP contribution in [-0.4, -0.2) is 23.5 Å². The fourth-order valence-corrected chi connectivity index (χ4v) is 3.35. The van der Waals surface area contributed by atoms with Crippen molar-refractivity contribution in [2.24, 2.45) is 0 Å². The molecule has 1 amide bonds. The lowest BCUT2D eigenvalue weighted by molar-refractivity contribution is -0.122. The lowest BCUT2D eigenvalue weighted by Gasteiger charge is -2.15. The minimum Gasteiger partial charge on any atom is -0.399 e. The Kier molecular flexibility index (Phi) is 4.53. The third-order valence-corrected chi connectivity index (χ3v) is 4.73. The van der Waals surface area contributed by atoms with Crippen LogP contribution in [0.1, 0.15) is 31.2 Å². The highest BCUT2D eigenvalue weighted by atomic mass is 32.2. The monoisotopic (exact) mass is 264 g/mol. The van der Waals surface area contributed by atoms with Gasteiger partial charge >= 0.3 is 0 Å². The van der Waals surface area contributed by atoms with Gasteiger partial charge < -0.3 is 11.1 Å². The number of nitrogens with one attached hydrogen (secondary N) is 1. The van der Waals surface area contributed by atoms with E-state index in [1.165, 1.54) is 18.6 Å². The molecule has 0 aromatic heterocycles. The summed E-state index contributed by atoms with van der Waals surface area (Å²) >= 11 is 1.96. The van der Waals surface area contributed by atoms with Crippen molar-refractivity contribution in [2.75, 3.05) is 18.0 Å². The molecule has 0 saturated carbocycles. The minimum absolute atomic E-state index is 0.0908. The first-order valence-electron chi connectivity index (χ1n) is 6.41. The molecular formula is C14H20N2OS. The Hall–Kier alpha value is -1.16. The van der Waals surface area contributed by atoms with E-state index < -0.39 is 0 Å². The van der Waals surface area contributed by atoms with Crippen LogP contribution in [0.5, 0.6) is 0 Å². The molecule has 2 atom stereocenters. The van der Waals surface area contributed by atoms with Crippen LogP contribution in [0.25, 0.3) is 0 Å². The van der Waals surface area contributed by atoms with Gasteiger partial charge in [-0.15, -0.1) is 0 Å². The van der Waals surface area contributed by atoms with Gasteiger partial charge in [0.25, 0.3) is 0 Å². The van der Waals surface area contributed by atoms with Crippen molar-refractivity contribution in [1.82, 2.24) is 5.32 Å². The third kappa shape index (κ3) is 3.42. The zero-order chi connectivity index (χ0) is 13.0. The molecule has 2 rings (SSSR count). The van der Waals surface area contributed by atoms with Gasteiger partial charge in [0.2, 0.25) is 5.91 Å². The van der Waals surface area contributed by atoms with Crippen LogP contribution >= 0.6 is 11.8 Å². The summed E-state index contributed by atoms with van der Waals surface area (Å²) in [6.07, 6.45) is 2.49. The van der Waals surface area contributed by atoms with E-state index in [0.29, 0.717) is 10.9 Å². The number of rotatable bonds is 4. The Morgan fingerprint density at radius 1 is 1.61 bits per heavy atom. The third-order valence-electron chi connectivity index (χ3n) is 3.33. The number of carbonyl (C=O) groups excluding carboxylic acids is 1. The highest BCUT2D eigenvalue weighted by Crippen LogP contribution is 2.25. The van der Waals surface area contributed by atoms with Crippen LogP contribution in [0.15, 0.2) is 24.3 Å². The summed E-state index contributed by atoms with van der Waals surface area (Å²) in [7, 11) is 0. The summed E-state index contributed by atoms with van der Waals surface area (Å²) in [6.45, 7) is 2.71. The summed E-state index contributed by atoms with van der Waals surface area (Å²) in [6, 6.07) is 7.55. The molecule has 1 aliphatic heterocycles. The standard InChI is InChI=1S/C14H20N2OS/c1-10(11-4-2-5-12(15)8-11)14(17)16-9-13-6-3-7-18-13/h2,4-5,8,10,13H,3,6-7,9,15H2,1H3,(H,16,17). The molecule has 0 bridgehead atoms. The van der Waals surface area contributed by atoms with E-state index in [0.717, 1.165) is 12.1 Å². The van der Waals surface area contributed by atoms with Gasteiger partial charge in [-0.05, 0) is 43.2 Å². The highest BCUT2D eigenvalue weighted by molar-refractivity contribution is 8.00. The number of anilines is 1. The Morgan fingerprint density at radius 3 is 3.11 bits per heavy atom. The number of amides is 1. The van der Waals surface area contributed by atoms with Gasteiger partial charge in [0.1, 0.15) is 0 Å². The van der Waals surface area contributed by atoms with Crippen molar-refractivity contribution in [2.45, 2.75) is 30.9 Å². The topological polar surface area (TPSA) is 55.1 Å². The van der Waals surface area contributed by atoms with E-state index in [-0.39, 0.29) is 11.8 Å². The van der Waals surface area contributed by atoms with Gasteiger partial charge in [-0.3, -0.25) is 4.79 Å². The van der Waals surface area contributed by atoms with Crippen LogP contribution in [-0.2, 0) is 4.79 Å². The first kappa shape index (κ1) is 13.3. The van der Waals surface area contributed by atoms with Gasteiger partial charge in [0, 0.05) is 17.5 Å². The van der Waals surface area contributed by atoms with Crippen molar-refractivity contribution in [1.29, 1.82) is 0 Å². The normalized spacial score (nSPS) is 20.6. The van der Waals surface area contributed by atoms with Crippen molar-refractivity contribution in [3.05, 3.63) is 29.8 Å². The van der Waals surface area contributed by atoms with E-state index in [1.54, 1.807) is 0 Å². The van der Waals surface area contributed by atoms with Gasteiger partial charge in [0.05, 0.1) is 5.92 Å². The largest absolute Gasteiger partial charge is 0.399 e. The number of benzene rings is 1. The Labute approximate surface area is 113 Å². The Morgan fingerprint density at radius 2 is 2.44 bits per heavy atom. The second kappa shape index (κ2) is 6.14. The molecule has 1 aromatic carbocycles. The van der Waals surface area contributed by atoms with Crippen molar-refractivity contribution in [3.63, 3.8) is 0 Å². The average Bonchev–Trinajstić information content (AvgIpc) is 2.88. The maximum atomic E-state index is 12.1. The lowest BCUT2D eigenvalue weighted by atomic mass is 10.00. The maximum Gasteiger partial charge on any atom is 0.227 e. The molecule has 1 saturated heterocycles. The van der Waals surface area contributed by atoms with Crippen molar-refractivity contribution in [3.8, 4) is 0 Å². The average molecular weight is 264 g/mol. The quantitative estimate of drug-likeness (QED) is 0.821. The molecule has 0 spiro atoms. The first-order chi connectivity index (χ1) is 8.66. The summed E-state index contributed by atoms with van der Waals surface area (Å²) in [5, 5.41) is 3.64. The van der Waals surface area contributed by atoms with E-state index >= 15 is 0 Å². The van der Waals surface area contributed by atoms with Crippen molar-refractivity contribution >= 4 is 23.4 Å². The lowest BCUT2D eigenvalue weighted by Crippen LogP contribution is -2.32. The highest BCUT2D eigenvalue weighted by Gasteiger charge is 2.19. The zero-order valence-electron chi connectivity index (χ0n) is 10.7. The summed E-state index contributed by atoms with van der Waals surface area (Å²) in [5.41, 5.74) is 7.42. The van der Waals surface area contributed by atoms with Crippen molar-refractivity contribution < 1.29 is 4.79 Å². The number of thioether (sulfide) groups is 1. The molecule has 4 heteroatoms. The van der Waals surface area contributed by atoms with E-state index in [4.69, 9.17) is 5.73 Å². The van der Waals surface area contributed by atoms with Crippen LogP contribution in [0, 0.1) is 0 Å². The number of hydrogen-bond acceptors (Lipinski definition) is 3. The predicted octanol–water partition coefficient (Wildman–Crippen LogP) is 2.38. The van der Waals surface area contributed by atoms with Crippen LogP contribution in [0.2, 0.25) is 0 Å². The SMILES string of the molecule is CC(C(=O)NCC1CCCS1)c1cccc(N)c1. The molecule has 1 aliphatic rings. The molecule has 0 radical (unpaired) electrons. The molecule has 0 aliphatic carbocycles. The van der Waals surface area contributed by atoms with Gasteiger partial charge in [-0.2, -0.15) is 11.8 Å². The molecule has 1 aromatic rings. The second-order valence-corrected chi connectivity index (χ2v) is 6.18. The Balaban J connectivity index is 1.87.